The number of carbonyl (C=O) groups excluding carboxylic acids is 19. The van der Waals surface area contributed by atoms with Gasteiger partial charge in [-0.05, 0) is 127 Å². The number of likely N-dealkylation sites (tertiary alicyclic amines) is 2. The molecule has 0 bridgehead atoms. The number of aliphatic hydroxyl groups excluding tert-OH is 3. The van der Waals surface area contributed by atoms with Crippen LogP contribution in [0.1, 0.15) is 158 Å². The molecule has 776 valence electrons. The van der Waals surface area contributed by atoms with Gasteiger partial charge in [0.2, 0.25) is 112 Å². The zero-order chi connectivity index (χ0) is 106. The van der Waals surface area contributed by atoms with Crippen LogP contribution in [0.5, 0.6) is 5.75 Å². The summed E-state index contributed by atoms with van der Waals surface area (Å²) in [5.74, 6) is -24.7. The summed E-state index contributed by atoms with van der Waals surface area (Å²) in [6.07, 6.45) is -5.13. The third kappa shape index (κ3) is 38.4. The quantitative estimate of drug-likeness (QED) is 0.0250. The molecule has 49 nitrogen and oxygen atoms in total. The minimum absolute atomic E-state index is 0.0335. The number of carboxylic acids is 3. The minimum Gasteiger partial charge on any atom is -0.508 e. The molecule has 3 aromatic carbocycles. The fourth-order valence-electron chi connectivity index (χ4n) is 14.9. The molecule has 5 rings (SSSR count). The Morgan fingerprint density at radius 1 is 0.376 bits per heavy atom. The van der Waals surface area contributed by atoms with E-state index in [-0.39, 0.29) is 81.7 Å². The number of aliphatic carboxylic acids is 3. The lowest BCUT2D eigenvalue weighted by Crippen LogP contribution is -2.62. The third-order valence-corrected chi connectivity index (χ3v) is 23.1. The van der Waals surface area contributed by atoms with Gasteiger partial charge in [-0.3, -0.25) is 105 Å². The predicted molar refractivity (Wildman–Crippen MR) is 499 cm³/mol. The predicted octanol–water partition coefficient (Wildman–Crippen LogP) is -7.13. The van der Waals surface area contributed by atoms with Gasteiger partial charge in [0.05, 0.1) is 44.4 Å². The lowest BCUT2D eigenvalue weighted by Gasteiger charge is -2.33. The van der Waals surface area contributed by atoms with Crippen LogP contribution in [0, 0.1) is 17.8 Å². The highest BCUT2D eigenvalue weighted by molar-refractivity contribution is 6.03. The number of phenols is 1. The Kier molecular flexibility index (Phi) is 47.6. The number of nitrogens with zero attached hydrogens (tertiary/aromatic N) is 2. The number of benzene rings is 3. The second kappa shape index (κ2) is 57.3. The van der Waals surface area contributed by atoms with E-state index in [1.165, 1.54) is 77.6 Å². The lowest BCUT2D eigenvalue weighted by atomic mass is 9.95. The van der Waals surface area contributed by atoms with Crippen LogP contribution in [0.15, 0.2) is 84.9 Å². The second-order valence-corrected chi connectivity index (χ2v) is 35.6. The fraction of sp³-hybridized carbons (Fsp3) is 0.565. The number of phenolic OH excluding ortho intramolecular Hbond substituents is 1. The van der Waals surface area contributed by atoms with E-state index >= 15 is 0 Å². The maximum absolute atomic E-state index is 14.9. The molecule has 2 heterocycles. The molecular formula is C92H134N20O29. The normalized spacial score (nSPS) is 17.1. The number of aromatic hydroxyl groups is 1. The van der Waals surface area contributed by atoms with Gasteiger partial charge in [0.25, 0.3) is 0 Å². The Hall–Kier alpha value is -14.4. The Morgan fingerprint density at radius 3 is 1.26 bits per heavy atom. The average Bonchev–Trinajstić information content (AvgIpc) is 1.72. The van der Waals surface area contributed by atoms with Gasteiger partial charge in [-0.2, -0.15) is 0 Å². The van der Waals surface area contributed by atoms with Crippen molar-refractivity contribution in [3.8, 4) is 5.75 Å². The molecule has 0 unspecified atom stereocenters. The molecule has 19 amide bonds. The van der Waals surface area contributed by atoms with Crippen LogP contribution in [0.4, 0.5) is 0 Å². The number of nitrogens with one attached hydrogen (secondary N) is 17. The molecule has 26 N–H and O–H groups in total. The van der Waals surface area contributed by atoms with Gasteiger partial charge in [0.1, 0.15) is 109 Å². The molecule has 0 aliphatic carbocycles. The van der Waals surface area contributed by atoms with E-state index < -0.39 is 302 Å². The monoisotopic (exact) mass is 1980 g/mol. The van der Waals surface area contributed by atoms with E-state index in [1.54, 1.807) is 88.4 Å². The summed E-state index contributed by atoms with van der Waals surface area (Å²) < 4.78 is 0. The van der Waals surface area contributed by atoms with Gasteiger partial charge in [0.15, 0.2) is 0 Å². The fourth-order valence-corrected chi connectivity index (χ4v) is 14.9. The number of rotatable bonds is 56. The standard InChI is InChI=1S/C92H134N20O29/c1-13-47(6)73(92(141)112-35-21-26-65(112)86(135)106-64(44-113)85(134)103-60(37-54-22-16-14-17-23-54)80(129)95-41-67(117)94-43-71(123)124)108-84(133)59(36-45(2)3)102-82(131)62(39-56-28-30-57(116)31-29-56)104-83(132)63(40-70(121)122)105-81(130)61(38-55-24-18-15-19-25-55)101-68(118)42-96-88(137)74(52(11)114)109-78(127)49(8)97-76(125)48(7)98-89(138)72(46(4)5)107-77(126)50(9)99-90(139)75(53(12)115)110-87(136)66-27-20-34-111(66)91(140)51(10)100-79(128)58(93)32-33-69(119)120/h14-19,22-25,28-31,45-53,58-66,72-75,113-116H,13,20-21,26-27,32-44,93H2,1-12H3,(H,94,117)(H,95,129)(H,96,137)(H,97,125)(H,98,138)(H,99,139)(H,100,128)(H,101,118)(H,102,131)(H,103,134)(H,104,132)(H,105,130)(H,106,135)(H,107,126)(H,108,133)(H,109,127)(H,110,136)(H,119,120)(H,121,122)(H,123,124)/t47-,48-,49-,50-,51-,52+,53+,58-,59-,60-,61-,62-,63-,64-,65-,66-,72-,73-,74-,75-/m0/s1. The number of hydrogen-bond acceptors (Lipinski definition) is 27. The summed E-state index contributed by atoms with van der Waals surface area (Å²) in [4.78, 5) is 300. The van der Waals surface area contributed by atoms with Gasteiger partial charge in [-0.25, -0.2) is 0 Å². The zero-order valence-corrected chi connectivity index (χ0v) is 80.6. The molecule has 0 aromatic heterocycles. The molecule has 2 fully saturated rings. The molecule has 2 aliphatic heterocycles. The molecule has 141 heavy (non-hydrogen) atoms. The Bertz CT molecular complexity index is 4900. The van der Waals surface area contributed by atoms with Crippen molar-refractivity contribution in [2.75, 3.05) is 39.3 Å². The summed E-state index contributed by atoms with van der Waals surface area (Å²) in [7, 11) is 0. The first-order valence-electron chi connectivity index (χ1n) is 46.3. The molecule has 0 spiro atoms. The summed E-state index contributed by atoms with van der Waals surface area (Å²) in [6, 6.07) is -4.35. The molecule has 20 atom stereocenters. The first-order chi connectivity index (χ1) is 66.3. The number of aliphatic hydroxyl groups is 3. The first-order valence-corrected chi connectivity index (χ1v) is 46.3. The van der Waals surface area contributed by atoms with Crippen LogP contribution in [-0.4, -0.2) is 330 Å². The highest BCUT2D eigenvalue weighted by Crippen LogP contribution is 2.25. The molecular weight excluding hydrogens is 1850 g/mol. The Labute approximate surface area is 813 Å². The summed E-state index contributed by atoms with van der Waals surface area (Å²) in [5, 5.41) is 111. The van der Waals surface area contributed by atoms with E-state index in [2.05, 4.69) is 90.4 Å². The molecule has 0 radical (unpaired) electrons. The smallest absolute Gasteiger partial charge is 0.322 e. The topological polar surface area (TPSA) is 754 Å². The molecule has 2 saturated heterocycles. The third-order valence-electron chi connectivity index (χ3n) is 23.1. The number of carboxylic acid groups (broad SMARTS) is 3. The number of nitrogens with two attached hydrogens (primary N) is 1. The highest BCUT2D eigenvalue weighted by atomic mass is 16.4. The summed E-state index contributed by atoms with van der Waals surface area (Å²) in [6.45, 7) is 13.7. The van der Waals surface area contributed by atoms with Gasteiger partial charge in [0, 0.05) is 38.8 Å². The average molecular weight is 1980 g/mol. The minimum atomic E-state index is -2.06. The van der Waals surface area contributed by atoms with Crippen molar-refractivity contribution in [2.24, 2.45) is 23.5 Å². The van der Waals surface area contributed by atoms with Crippen molar-refractivity contribution in [2.45, 2.75) is 275 Å². The maximum atomic E-state index is 14.9. The SMILES string of the molecule is CC[C@H](C)[C@H](NC(=O)[C@H](CC(C)C)NC(=O)[C@H](Cc1ccc(O)cc1)NC(=O)[C@H](CC(=O)O)NC(=O)[C@H](Cc1ccccc1)NC(=O)CNC(=O)[C@@H](NC(=O)[C@H](C)NC(=O)[C@H](C)NC(=O)[C@@H](NC(=O)[C@H](C)NC(=O)[C@@H](NC(=O)[C@@H]1CCCN1C(=O)[C@H](C)NC(=O)[C@@H](N)CCC(=O)O)[C@@H](C)O)C(C)C)[C@@H](C)O)C(=O)N1CCC[C@H]1C(=O)N[C@@H](CO)C(=O)N[C@@H](Cc1ccccc1)C(=O)NCC(=O)NCC(=O)O. The van der Waals surface area contributed by atoms with Gasteiger partial charge < -0.3 is 142 Å². The Morgan fingerprint density at radius 2 is 0.780 bits per heavy atom. The van der Waals surface area contributed by atoms with Gasteiger partial charge >= 0.3 is 17.9 Å². The van der Waals surface area contributed by atoms with Crippen LogP contribution in [0.25, 0.3) is 0 Å². The zero-order valence-electron chi connectivity index (χ0n) is 80.6. The lowest BCUT2D eigenvalue weighted by molar-refractivity contribution is -0.144. The summed E-state index contributed by atoms with van der Waals surface area (Å²) >= 11 is 0. The van der Waals surface area contributed by atoms with Crippen LogP contribution in [-0.2, 0) is 125 Å². The molecule has 0 saturated carbocycles. The van der Waals surface area contributed by atoms with Crippen molar-refractivity contribution >= 4 is 130 Å². The van der Waals surface area contributed by atoms with Crippen molar-refractivity contribution in [3.05, 3.63) is 102 Å². The number of carbonyl (C=O) groups is 22. The van der Waals surface area contributed by atoms with Crippen LogP contribution in [0.3, 0.4) is 0 Å². The van der Waals surface area contributed by atoms with Crippen molar-refractivity contribution in [1.29, 1.82) is 0 Å². The largest absolute Gasteiger partial charge is 0.508 e. The molecule has 49 heteroatoms. The van der Waals surface area contributed by atoms with Crippen LogP contribution < -0.4 is 96.1 Å². The van der Waals surface area contributed by atoms with E-state index in [4.69, 9.17) is 15.9 Å². The van der Waals surface area contributed by atoms with Gasteiger partial charge in [-0.1, -0.05) is 121 Å². The van der Waals surface area contributed by atoms with Crippen LogP contribution >= 0.6 is 0 Å². The van der Waals surface area contributed by atoms with E-state index in [0.29, 0.717) is 17.5 Å². The number of amides is 19. The van der Waals surface area contributed by atoms with Crippen molar-refractivity contribution < 1.29 is 141 Å². The number of hydrogen-bond donors (Lipinski definition) is 25. The molecule has 3 aromatic rings. The second-order valence-electron chi connectivity index (χ2n) is 35.6. The van der Waals surface area contributed by atoms with E-state index in [0.717, 1.165) is 11.8 Å². The highest BCUT2D eigenvalue weighted by Gasteiger charge is 2.45. The molecule has 2 aliphatic rings. The van der Waals surface area contributed by atoms with Gasteiger partial charge in [-0.15, -0.1) is 0 Å². The maximum Gasteiger partial charge on any atom is 0.322 e. The van der Waals surface area contributed by atoms with Crippen molar-refractivity contribution in [1.82, 2.24) is 100 Å². The van der Waals surface area contributed by atoms with Crippen molar-refractivity contribution in [3.63, 3.8) is 0 Å². The Balaban J connectivity index is 1.23. The summed E-state index contributed by atoms with van der Waals surface area (Å²) in [5.41, 5.74) is 7.01. The van der Waals surface area contributed by atoms with E-state index in [1.807, 2.05) is 0 Å². The first kappa shape index (κ1) is 117. The van der Waals surface area contributed by atoms with Crippen LogP contribution in [0.2, 0.25) is 0 Å². The van der Waals surface area contributed by atoms with E-state index in [9.17, 15) is 131 Å².